The minimum Gasteiger partial charge on any atom is -0.494 e. The summed E-state index contributed by atoms with van der Waals surface area (Å²) in [6.07, 6.45) is 10.7. The molecular formula is C23H33N3O3. The summed E-state index contributed by atoms with van der Waals surface area (Å²) in [6, 6.07) is 5.85. The molecule has 158 valence electrons. The molecule has 2 aromatic rings. The molecule has 2 heterocycles. The number of rotatable bonds is 11. The molecule has 0 amide bonds. The first kappa shape index (κ1) is 21.3. The van der Waals surface area contributed by atoms with Gasteiger partial charge in [-0.05, 0) is 43.0 Å². The molecule has 1 aromatic heterocycles. The van der Waals surface area contributed by atoms with Crippen molar-refractivity contribution in [1.29, 1.82) is 0 Å². The second-order valence-electron chi connectivity index (χ2n) is 7.85. The van der Waals surface area contributed by atoms with E-state index < -0.39 is 0 Å². The van der Waals surface area contributed by atoms with Crippen LogP contribution in [0.2, 0.25) is 0 Å². The molecule has 0 atom stereocenters. The SMILES string of the molecule is CCCCCCCOc1ccc2c(c1)CCc1nn(C(=O)CCCCC)c(=O)n1-2. The van der Waals surface area contributed by atoms with Crippen molar-refractivity contribution in [3.05, 3.63) is 40.1 Å². The second-order valence-corrected chi connectivity index (χ2v) is 7.85. The van der Waals surface area contributed by atoms with E-state index in [1.807, 2.05) is 18.2 Å². The lowest BCUT2D eigenvalue weighted by molar-refractivity contribution is 0.0878. The fraction of sp³-hybridized carbons (Fsp3) is 0.609. The molecule has 1 aliphatic heterocycles. The largest absolute Gasteiger partial charge is 0.494 e. The van der Waals surface area contributed by atoms with Gasteiger partial charge in [0, 0.05) is 12.8 Å². The monoisotopic (exact) mass is 399 g/mol. The number of carbonyl (C=O) groups excluding carboxylic acids is 1. The first-order chi connectivity index (χ1) is 14.2. The fourth-order valence-corrected chi connectivity index (χ4v) is 3.82. The maximum Gasteiger partial charge on any atom is 0.357 e. The van der Waals surface area contributed by atoms with Crippen molar-refractivity contribution < 1.29 is 9.53 Å². The molecule has 0 radical (unpaired) electrons. The molecule has 3 rings (SSSR count). The highest BCUT2D eigenvalue weighted by Gasteiger charge is 2.24. The Bertz CT molecular complexity index is 882. The van der Waals surface area contributed by atoms with E-state index in [4.69, 9.17) is 4.74 Å². The normalized spacial score (nSPS) is 12.5. The fourth-order valence-electron chi connectivity index (χ4n) is 3.82. The van der Waals surface area contributed by atoms with Crippen LogP contribution in [0.4, 0.5) is 0 Å². The third-order valence-electron chi connectivity index (χ3n) is 5.50. The van der Waals surface area contributed by atoms with Crippen molar-refractivity contribution in [3.8, 4) is 11.4 Å². The van der Waals surface area contributed by atoms with Crippen LogP contribution in [-0.2, 0) is 12.8 Å². The van der Waals surface area contributed by atoms with E-state index in [1.54, 1.807) is 4.57 Å². The highest BCUT2D eigenvalue weighted by atomic mass is 16.5. The van der Waals surface area contributed by atoms with Gasteiger partial charge in [-0.15, -0.1) is 9.78 Å². The van der Waals surface area contributed by atoms with Crippen LogP contribution in [0.25, 0.3) is 5.69 Å². The van der Waals surface area contributed by atoms with Crippen LogP contribution < -0.4 is 10.4 Å². The van der Waals surface area contributed by atoms with Crippen LogP contribution in [0.1, 0.15) is 87.8 Å². The van der Waals surface area contributed by atoms with Gasteiger partial charge in [0.15, 0.2) is 0 Å². The summed E-state index contributed by atoms with van der Waals surface area (Å²) in [5.74, 6) is 1.30. The van der Waals surface area contributed by atoms with Gasteiger partial charge < -0.3 is 4.74 Å². The van der Waals surface area contributed by atoms with E-state index in [0.717, 1.165) is 60.4 Å². The van der Waals surface area contributed by atoms with Crippen molar-refractivity contribution in [2.75, 3.05) is 6.61 Å². The van der Waals surface area contributed by atoms with Crippen LogP contribution >= 0.6 is 0 Å². The Labute approximate surface area is 172 Å². The summed E-state index contributed by atoms with van der Waals surface area (Å²) >= 11 is 0. The van der Waals surface area contributed by atoms with E-state index in [9.17, 15) is 9.59 Å². The molecule has 0 saturated heterocycles. The highest BCUT2D eigenvalue weighted by Crippen LogP contribution is 2.26. The molecule has 0 bridgehead atoms. The van der Waals surface area contributed by atoms with Gasteiger partial charge >= 0.3 is 5.69 Å². The maximum atomic E-state index is 12.8. The summed E-state index contributed by atoms with van der Waals surface area (Å²) in [6.45, 7) is 5.03. The predicted octanol–water partition coefficient (Wildman–Crippen LogP) is 4.70. The van der Waals surface area contributed by atoms with Crippen LogP contribution in [0.3, 0.4) is 0 Å². The van der Waals surface area contributed by atoms with E-state index in [1.165, 1.54) is 25.7 Å². The van der Waals surface area contributed by atoms with Crippen molar-refractivity contribution >= 4 is 5.91 Å². The molecule has 1 aliphatic rings. The third kappa shape index (κ3) is 5.17. The van der Waals surface area contributed by atoms with Crippen LogP contribution in [0.5, 0.6) is 5.75 Å². The molecule has 6 nitrogen and oxygen atoms in total. The zero-order valence-corrected chi connectivity index (χ0v) is 17.8. The van der Waals surface area contributed by atoms with Crippen molar-refractivity contribution in [3.63, 3.8) is 0 Å². The Morgan fingerprint density at radius 1 is 1.03 bits per heavy atom. The molecule has 0 fully saturated rings. The molecule has 0 saturated carbocycles. The van der Waals surface area contributed by atoms with E-state index >= 15 is 0 Å². The quantitative estimate of drug-likeness (QED) is 0.514. The Kier molecular flexibility index (Phi) is 7.67. The van der Waals surface area contributed by atoms with Gasteiger partial charge in [-0.2, -0.15) is 0 Å². The Balaban J connectivity index is 1.69. The first-order valence-corrected chi connectivity index (χ1v) is 11.2. The summed E-state index contributed by atoms with van der Waals surface area (Å²) < 4.78 is 8.55. The maximum absolute atomic E-state index is 12.8. The third-order valence-corrected chi connectivity index (χ3v) is 5.50. The zero-order chi connectivity index (χ0) is 20.6. The molecular weight excluding hydrogens is 366 g/mol. The number of aryl methyl sites for hydroxylation is 2. The average molecular weight is 400 g/mol. The van der Waals surface area contributed by atoms with Crippen LogP contribution in [0, 0.1) is 0 Å². The molecule has 0 N–H and O–H groups in total. The molecule has 6 heteroatoms. The van der Waals surface area contributed by atoms with E-state index in [2.05, 4.69) is 18.9 Å². The topological polar surface area (TPSA) is 66.1 Å². The number of hydrogen-bond donors (Lipinski definition) is 0. The average Bonchev–Trinajstić information content (AvgIpc) is 3.07. The highest BCUT2D eigenvalue weighted by molar-refractivity contribution is 5.77. The summed E-state index contributed by atoms with van der Waals surface area (Å²) in [4.78, 5) is 25.2. The minimum atomic E-state index is -0.355. The standard InChI is InChI=1S/C23H33N3O3/c1-3-5-7-8-10-16-29-19-13-14-20-18(17-19)12-15-21-24-26(23(28)25(20)21)22(27)11-9-6-4-2/h13-14,17H,3-12,15-16H2,1-2H3. The van der Waals surface area contributed by atoms with Crippen LogP contribution in [-0.4, -0.2) is 26.9 Å². The summed E-state index contributed by atoms with van der Waals surface area (Å²) in [5, 5.41) is 4.32. The van der Waals surface area contributed by atoms with Crippen LogP contribution in [0.15, 0.2) is 23.0 Å². The summed E-state index contributed by atoms with van der Waals surface area (Å²) in [7, 11) is 0. The number of aromatic nitrogens is 3. The molecule has 0 aliphatic carbocycles. The number of carbonyl (C=O) groups is 1. The first-order valence-electron chi connectivity index (χ1n) is 11.2. The lowest BCUT2D eigenvalue weighted by Gasteiger charge is -2.18. The van der Waals surface area contributed by atoms with E-state index in [0.29, 0.717) is 18.7 Å². The van der Waals surface area contributed by atoms with E-state index in [-0.39, 0.29) is 11.6 Å². The zero-order valence-electron chi connectivity index (χ0n) is 17.8. The van der Waals surface area contributed by atoms with Gasteiger partial charge in [0.1, 0.15) is 11.6 Å². The molecule has 1 aromatic carbocycles. The number of benzene rings is 1. The molecule has 0 spiro atoms. The lowest BCUT2D eigenvalue weighted by Crippen LogP contribution is -2.30. The Morgan fingerprint density at radius 3 is 2.59 bits per heavy atom. The molecule has 29 heavy (non-hydrogen) atoms. The second kappa shape index (κ2) is 10.4. The van der Waals surface area contributed by atoms with Gasteiger partial charge in [-0.1, -0.05) is 52.4 Å². The van der Waals surface area contributed by atoms with Gasteiger partial charge in [-0.25, -0.2) is 9.36 Å². The number of nitrogens with zero attached hydrogens (tertiary/aromatic N) is 3. The van der Waals surface area contributed by atoms with Gasteiger partial charge in [0.2, 0.25) is 0 Å². The van der Waals surface area contributed by atoms with Crippen molar-refractivity contribution in [2.24, 2.45) is 0 Å². The smallest absolute Gasteiger partial charge is 0.357 e. The van der Waals surface area contributed by atoms with Crippen molar-refractivity contribution in [1.82, 2.24) is 14.3 Å². The number of hydrogen-bond acceptors (Lipinski definition) is 4. The van der Waals surface area contributed by atoms with Gasteiger partial charge in [0.25, 0.3) is 5.91 Å². The number of unbranched alkanes of at least 4 members (excludes halogenated alkanes) is 6. The van der Waals surface area contributed by atoms with Gasteiger partial charge in [0.05, 0.1) is 12.3 Å². The minimum absolute atomic E-state index is 0.213. The van der Waals surface area contributed by atoms with Gasteiger partial charge in [-0.3, -0.25) is 4.79 Å². The van der Waals surface area contributed by atoms with Crippen molar-refractivity contribution in [2.45, 2.75) is 84.5 Å². The number of ether oxygens (including phenoxy) is 1. The molecule has 0 unspecified atom stereocenters. The predicted molar refractivity (Wildman–Crippen MR) is 114 cm³/mol. The Hall–Kier alpha value is -2.37. The number of fused-ring (bicyclic) bond motifs is 3. The lowest BCUT2D eigenvalue weighted by atomic mass is 10.0. The Morgan fingerprint density at radius 2 is 1.79 bits per heavy atom. The summed E-state index contributed by atoms with van der Waals surface area (Å²) in [5.41, 5.74) is 1.53.